The van der Waals surface area contributed by atoms with E-state index in [9.17, 15) is 0 Å². The molecule has 5 rings (SSSR count). The molecule has 2 nitrogen and oxygen atoms in total. The van der Waals surface area contributed by atoms with Crippen LogP contribution >= 0.6 is 14.3 Å². The maximum Gasteiger partial charge on any atom is 0.150 e. The Morgan fingerprint density at radius 2 is 0.743 bits per heavy atom. The second-order valence-corrected chi connectivity index (χ2v) is 15.1. The van der Waals surface area contributed by atoms with Crippen molar-refractivity contribution in [3.8, 4) is 0 Å². The van der Waals surface area contributed by atoms with E-state index in [2.05, 4.69) is 6.58 Å². The zero-order chi connectivity index (χ0) is 24.3. The molecule has 1 aliphatic carbocycles. The minimum atomic E-state index is -3.07. The van der Waals surface area contributed by atoms with Gasteiger partial charge in [-0.05, 0) is 12.8 Å². The van der Waals surface area contributed by atoms with E-state index in [0.29, 0.717) is 0 Å². The van der Waals surface area contributed by atoms with Crippen molar-refractivity contribution in [1.82, 2.24) is 0 Å². The van der Waals surface area contributed by atoms with Crippen LogP contribution in [-0.2, 0) is 9.13 Å². The summed E-state index contributed by atoms with van der Waals surface area (Å²) in [6, 6.07) is 39.2. The van der Waals surface area contributed by atoms with E-state index < -0.39 is 14.3 Å². The highest BCUT2D eigenvalue weighted by Crippen LogP contribution is 2.62. The molecule has 2 atom stereocenters. The molecule has 0 amide bonds. The van der Waals surface area contributed by atoms with Crippen molar-refractivity contribution in [1.29, 1.82) is 0 Å². The number of benzene rings is 4. The summed E-state index contributed by atoms with van der Waals surface area (Å²) in [4.78, 5) is 0. The molecule has 0 aromatic heterocycles. The van der Waals surface area contributed by atoms with Crippen LogP contribution in [0, 0.1) is 0 Å². The maximum absolute atomic E-state index is 15.2. The highest BCUT2D eigenvalue weighted by Gasteiger charge is 2.47. The first-order valence-electron chi connectivity index (χ1n) is 12.2. The molecule has 4 heteroatoms. The first-order valence-corrected chi connectivity index (χ1v) is 15.7. The molecule has 0 radical (unpaired) electrons. The predicted octanol–water partition coefficient (Wildman–Crippen LogP) is 6.49. The summed E-state index contributed by atoms with van der Waals surface area (Å²) in [6.45, 7) is 4.57. The molecule has 1 saturated carbocycles. The summed E-state index contributed by atoms with van der Waals surface area (Å²) in [6.07, 6.45) is 2.42. The van der Waals surface area contributed by atoms with Crippen molar-refractivity contribution in [2.45, 2.75) is 30.6 Å². The summed E-state index contributed by atoms with van der Waals surface area (Å²) in [7, 11) is -6.13. The summed E-state index contributed by atoms with van der Waals surface area (Å²) in [5.41, 5.74) is 0.349. The Bertz CT molecular complexity index is 1190. The van der Waals surface area contributed by atoms with Gasteiger partial charge in [-0.3, -0.25) is 0 Å². The van der Waals surface area contributed by atoms with Crippen molar-refractivity contribution in [3.63, 3.8) is 0 Å². The lowest BCUT2D eigenvalue weighted by molar-refractivity contribution is 0.539. The molecule has 0 aliphatic heterocycles. The van der Waals surface area contributed by atoms with Gasteiger partial charge in [0.15, 0.2) is 0 Å². The Hall–Kier alpha value is -2.92. The molecule has 1 aliphatic rings. The number of hydrogen-bond donors (Lipinski definition) is 0. The Morgan fingerprint density at radius 1 is 0.486 bits per heavy atom. The summed E-state index contributed by atoms with van der Waals surface area (Å²) < 4.78 is 30.4. The Kier molecular flexibility index (Phi) is 6.79. The molecule has 1 fully saturated rings. The Balaban J connectivity index is 1.66. The van der Waals surface area contributed by atoms with Crippen LogP contribution < -0.4 is 21.2 Å². The molecule has 0 heterocycles. The quantitative estimate of drug-likeness (QED) is 0.226. The summed E-state index contributed by atoms with van der Waals surface area (Å²) in [5.74, 6) is 0. The second-order valence-electron chi connectivity index (χ2n) is 9.20. The average molecular weight is 497 g/mol. The fourth-order valence-electron chi connectivity index (χ4n) is 5.54. The lowest BCUT2D eigenvalue weighted by Gasteiger charge is -2.40. The molecular formula is C31H30O2P2. The first kappa shape index (κ1) is 23.8. The van der Waals surface area contributed by atoms with E-state index in [4.69, 9.17) is 0 Å². The molecular weight excluding hydrogens is 466 g/mol. The van der Waals surface area contributed by atoms with Gasteiger partial charge in [0.1, 0.15) is 14.3 Å². The minimum absolute atomic E-state index is 0.258. The molecule has 0 spiro atoms. The van der Waals surface area contributed by atoms with Gasteiger partial charge in [-0.25, -0.2) is 0 Å². The lowest BCUT2D eigenvalue weighted by Crippen LogP contribution is -2.37. The van der Waals surface area contributed by atoms with Gasteiger partial charge in [-0.2, -0.15) is 0 Å². The van der Waals surface area contributed by atoms with E-state index in [1.807, 2.05) is 121 Å². The van der Waals surface area contributed by atoms with Gasteiger partial charge >= 0.3 is 0 Å². The molecule has 4 aromatic carbocycles. The van der Waals surface area contributed by atoms with Gasteiger partial charge in [0, 0.05) is 32.5 Å². The van der Waals surface area contributed by atoms with Crippen molar-refractivity contribution in [2.24, 2.45) is 0 Å². The molecule has 176 valence electrons. The third-order valence-corrected chi connectivity index (χ3v) is 14.4. The highest BCUT2D eigenvalue weighted by molar-refractivity contribution is 7.80. The summed E-state index contributed by atoms with van der Waals surface area (Å²) in [5, 5.41) is 3.36. The van der Waals surface area contributed by atoms with Crippen LogP contribution in [-0.4, -0.2) is 11.3 Å². The zero-order valence-corrected chi connectivity index (χ0v) is 21.5. The average Bonchev–Trinajstić information content (AvgIpc) is 2.94. The van der Waals surface area contributed by atoms with Crippen LogP contribution in [0.2, 0.25) is 0 Å². The SMILES string of the molecule is C=C1[C@H](P(=O)(c2ccccc2)c2ccccc2)CCC[C@H]1P(=O)(c1ccccc1)c1ccccc1. The van der Waals surface area contributed by atoms with Gasteiger partial charge in [-0.1, -0.05) is 140 Å². The van der Waals surface area contributed by atoms with E-state index in [0.717, 1.165) is 46.1 Å². The van der Waals surface area contributed by atoms with Gasteiger partial charge in [0.05, 0.1) is 0 Å². The number of hydrogen-bond acceptors (Lipinski definition) is 2. The standard InChI is InChI=1S/C31H30O2P2/c1-25-30(34(32,26-15-6-2-7-16-26)27-17-8-3-9-18-27)23-14-24-31(25)35(33,28-19-10-4-11-20-28)29-21-12-5-13-22-29/h2-13,15-22,30-31H,1,14,23-24H2/t30-,31-/m1/s1. The van der Waals surface area contributed by atoms with Crippen LogP contribution in [0.3, 0.4) is 0 Å². The number of allylic oxidation sites excluding steroid dienone is 1. The molecule has 0 unspecified atom stereocenters. The Morgan fingerprint density at radius 3 is 1.00 bits per heavy atom. The normalized spacial score (nSPS) is 18.8. The topological polar surface area (TPSA) is 34.1 Å². The van der Waals surface area contributed by atoms with Crippen LogP contribution in [0.15, 0.2) is 133 Å². The van der Waals surface area contributed by atoms with Gasteiger partial charge in [-0.15, -0.1) is 0 Å². The van der Waals surface area contributed by atoms with Crippen LogP contribution in [0.1, 0.15) is 19.3 Å². The van der Waals surface area contributed by atoms with Crippen molar-refractivity contribution in [2.75, 3.05) is 0 Å². The predicted molar refractivity (Wildman–Crippen MR) is 150 cm³/mol. The third-order valence-electron chi connectivity index (χ3n) is 7.25. The largest absolute Gasteiger partial charge is 0.313 e. The molecule has 0 saturated heterocycles. The van der Waals surface area contributed by atoms with Crippen LogP contribution in [0.5, 0.6) is 0 Å². The monoisotopic (exact) mass is 496 g/mol. The maximum atomic E-state index is 15.2. The fraction of sp³-hybridized carbons (Fsp3) is 0.161. The highest BCUT2D eigenvalue weighted by atomic mass is 31.2. The molecule has 0 N–H and O–H groups in total. The van der Waals surface area contributed by atoms with Gasteiger partial charge in [0.2, 0.25) is 0 Å². The van der Waals surface area contributed by atoms with E-state index in [1.165, 1.54) is 0 Å². The van der Waals surface area contributed by atoms with Crippen LogP contribution in [0.4, 0.5) is 0 Å². The van der Waals surface area contributed by atoms with E-state index >= 15 is 9.13 Å². The zero-order valence-electron chi connectivity index (χ0n) is 19.7. The van der Waals surface area contributed by atoms with Crippen molar-refractivity contribution < 1.29 is 9.13 Å². The fourth-order valence-corrected chi connectivity index (χ4v) is 12.5. The van der Waals surface area contributed by atoms with E-state index in [-0.39, 0.29) is 11.3 Å². The number of rotatable bonds is 6. The third kappa shape index (κ3) is 4.20. The molecule has 35 heavy (non-hydrogen) atoms. The molecule has 4 aromatic rings. The summed E-state index contributed by atoms with van der Waals surface area (Å²) >= 11 is 0. The first-order chi connectivity index (χ1) is 17.1. The smallest absolute Gasteiger partial charge is 0.150 e. The van der Waals surface area contributed by atoms with Crippen LogP contribution in [0.25, 0.3) is 0 Å². The van der Waals surface area contributed by atoms with E-state index in [1.54, 1.807) is 0 Å². The van der Waals surface area contributed by atoms with Crippen molar-refractivity contribution >= 4 is 35.5 Å². The van der Waals surface area contributed by atoms with Gasteiger partial charge < -0.3 is 9.13 Å². The molecule has 0 bridgehead atoms. The minimum Gasteiger partial charge on any atom is -0.313 e. The Labute approximate surface area is 208 Å². The van der Waals surface area contributed by atoms with Gasteiger partial charge in [0.25, 0.3) is 0 Å². The van der Waals surface area contributed by atoms with Crippen molar-refractivity contribution in [3.05, 3.63) is 133 Å². The second kappa shape index (κ2) is 9.98. The lowest BCUT2D eigenvalue weighted by atomic mass is 9.95.